The maximum absolute atomic E-state index is 9.50. The molecule has 0 fully saturated rings. The first-order valence-electron chi connectivity index (χ1n) is 6.44. The molecule has 6 heteroatoms. The van der Waals surface area contributed by atoms with Crippen LogP contribution in [0.25, 0.3) is 16.9 Å². The molecule has 2 aromatic heterocycles. The molecule has 0 radical (unpaired) electrons. The number of aliphatic hydroxyl groups is 1. The zero-order valence-corrected chi connectivity index (χ0v) is 11.5. The van der Waals surface area contributed by atoms with Gasteiger partial charge in [-0.1, -0.05) is 17.3 Å². The van der Waals surface area contributed by atoms with Crippen molar-refractivity contribution in [3.63, 3.8) is 0 Å². The summed E-state index contributed by atoms with van der Waals surface area (Å²) in [6, 6.07) is 11.2. The lowest BCUT2D eigenvalue weighted by Crippen LogP contribution is -2.02. The van der Waals surface area contributed by atoms with Gasteiger partial charge in [-0.25, -0.2) is 4.68 Å². The zero-order chi connectivity index (χ0) is 14.7. The molecule has 0 aliphatic heterocycles. The van der Waals surface area contributed by atoms with Gasteiger partial charge in [-0.15, -0.1) is 5.10 Å². The largest absolute Gasteiger partial charge is 0.494 e. The highest BCUT2D eigenvalue weighted by Gasteiger charge is 2.17. The van der Waals surface area contributed by atoms with Crippen molar-refractivity contribution >= 4 is 0 Å². The highest BCUT2D eigenvalue weighted by molar-refractivity contribution is 5.65. The third-order valence-corrected chi connectivity index (χ3v) is 3.16. The Balaban J connectivity index is 2.23. The average molecular weight is 282 g/mol. The Morgan fingerprint density at radius 1 is 1.14 bits per heavy atom. The number of ether oxygens (including phenoxy) is 1. The molecule has 1 N–H and O–H groups in total. The van der Waals surface area contributed by atoms with Gasteiger partial charge in [0.05, 0.1) is 13.7 Å². The van der Waals surface area contributed by atoms with Crippen molar-refractivity contribution in [2.45, 2.75) is 6.61 Å². The number of pyridine rings is 1. The van der Waals surface area contributed by atoms with Crippen LogP contribution in [0, 0.1) is 0 Å². The number of aromatic nitrogens is 4. The fourth-order valence-electron chi connectivity index (χ4n) is 2.19. The number of methoxy groups -OCH3 is 1. The number of hydrogen-bond acceptors (Lipinski definition) is 5. The quantitative estimate of drug-likeness (QED) is 0.790. The summed E-state index contributed by atoms with van der Waals surface area (Å²) in [6.07, 6.45) is 3.38. The van der Waals surface area contributed by atoms with Gasteiger partial charge in [0.25, 0.3) is 0 Å². The third-order valence-electron chi connectivity index (χ3n) is 3.16. The molecular weight excluding hydrogens is 268 g/mol. The Kier molecular flexibility index (Phi) is 3.61. The summed E-state index contributed by atoms with van der Waals surface area (Å²) < 4.78 is 7.04. The molecule has 3 rings (SSSR count). The minimum absolute atomic E-state index is 0.188. The second-order valence-electron chi connectivity index (χ2n) is 4.36. The third kappa shape index (κ3) is 2.36. The van der Waals surface area contributed by atoms with Gasteiger partial charge in [0.2, 0.25) is 0 Å². The topological polar surface area (TPSA) is 73.1 Å². The standard InChI is InChI=1S/C15H14N4O2/c1-21-14-5-3-2-4-13(14)19-15(12(10-20)17-18-19)11-6-8-16-9-7-11/h2-9,20H,10H2,1H3. The van der Waals surface area contributed by atoms with Gasteiger partial charge in [0.1, 0.15) is 22.8 Å². The van der Waals surface area contributed by atoms with Gasteiger partial charge in [-0.2, -0.15) is 0 Å². The van der Waals surface area contributed by atoms with Crippen LogP contribution in [0.1, 0.15) is 5.69 Å². The molecule has 106 valence electrons. The predicted octanol–water partition coefficient (Wildman–Crippen LogP) is 1.83. The van der Waals surface area contributed by atoms with Gasteiger partial charge in [-0.05, 0) is 24.3 Å². The maximum Gasteiger partial charge on any atom is 0.144 e. The Morgan fingerprint density at radius 2 is 1.90 bits per heavy atom. The van der Waals surface area contributed by atoms with E-state index in [9.17, 15) is 5.11 Å². The monoisotopic (exact) mass is 282 g/mol. The molecule has 0 aliphatic rings. The van der Waals surface area contributed by atoms with Gasteiger partial charge >= 0.3 is 0 Å². The highest BCUT2D eigenvalue weighted by Crippen LogP contribution is 2.29. The SMILES string of the molecule is COc1ccccc1-n1nnc(CO)c1-c1ccncc1. The van der Waals surface area contributed by atoms with E-state index in [0.29, 0.717) is 11.4 Å². The zero-order valence-electron chi connectivity index (χ0n) is 11.5. The van der Waals surface area contributed by atoms with Crippen molar-refractivity contribution in [1.29, 1.82) is 0 Å². The van der Waals surface area contributed by atoms with Gasteiger partial charge in [0.15, 0.2) is 0 Å². The number of rotatable bonds is 4. The van der Waals surface area contributed by atoms with E-state index < -0.39 is 0 Å². The van der Waals surface area contributed by atoms with Gasteiger partial charge in [-0.3, -0.25) is 4.98 Å². The van der Waals surface area contributed by atoms with Crippen LogP contribution >= 0.6 is 0 Å². The molecule has 0 bridgehead atoms. The number of benzene rings is 1. The van der Waals surface area contributed by atoms with Crippen molar-refractivity contribution in [1.82, 2.24) is 20.0 Å². The Morgan fingerprint density at radius 3 is 2.62 bits per heavy atom. The summed E-state index contributed by atoms with van der Waals surface area (Å²) in [6.45, 7) is -0.188. The first-order chi connectivity index (χ1) is 10.3. The lowest BCUT2D eigenvalue weighted by atomic mass is 10.1. The van der Waals surface area contributed by atoms with Crippen LogP contribution in [0.5, 0.6) is 5.75 Å². The molecule has 0 atom stereocenters. The molecular formula is C15H14N4O2. The summed E-state index contributed by atoms with van der Waals surface area (Å²) in [5.74, 6) is 0.683. The minimum Gasteiger partial charge on any atom is -0.494 e. The number of aliphatic hydroxyl groups excluding tert-OH is 1. The van der Waals surface area contributed by atoms with E-state index >= 15 is 0 Å². The number of hydrogen-bond donors (Lipinski definition) is 1. The van der Waals surface area contributed by atoms with Crippen molar-refractivity contribution in [3.05, 3.63) is 54.5 Å². The summed E-state index contributed by atoms with van der Waals surface area (Å²) >= 11 is 0. The minimum atomic E-state index is -0.188. The first kappa shape index (κ1) is 13.3. The van der Waals surface area contributed by atoms with Crippen LogP contribution in [0.15, 0.2) is 48.8 Å². The van der Waals surface area contributed by atoms with Crippen molar-refractivity contribution in [3.8, 4) is 22.7 Å². The summed E-state index contributed by atoms with van der Waals surface area (Å²) in [5, 5.41) is 17.7. The molecule has 3 aromatic rings. The summed E-state index contributed by atoms with van der Waals surface area (Å²) in [7, 11) is 1.61. The molecule has 0 aliphatic carbocycles. The first-order valence-corrected chi connectivity index (χ1v) is 6.44. The fraction of sp³-hybridized carbons (Fsp3) is 0.133. The van der Waals surface area contributed by atoms with Crippen LogP contribution in [-0.2, 0) is 6.61 Å². The van der Waals surface area contributed by atoms with E-state index in [0.717, 1.165) is 16.9 Å². The molecule has 0 saturated carbocycles. The summed E-state index contributed by atoms with van der Waals surface area (Å²) in [5.41, 5.74) is 2.88. The van der Waals surface area contributed by atoms with Crippen LogP contribution in [0.4, 0.5) is 0 Å². The molecule has 6 nitrogen and oxygen atoms in total. The highest BCUT2D eigenvalue weighted by atomic mass is 16.5. The second kappa shape index (κ2) is 5.72. The van der Waals surface area contributed by atoms with Crippen LogP contribution in [0.2, 0.25) is 0 Å². The Bertz CT molecular complexity index is 740. The van der Waals surface area contributed by atoms with Crippen molar-refractivity contribution in [2.24, 2.45) is 0 Å². The van der Waals surface area contributed by atoms with Crippen LogP contribution < -0.4 is 4.74 Å². The van der Waals surface area contributed by atoms with E-state index in [2.05, 4.69) is 15.3 Å². The predicted molar refractivity (Wildman–Crippen MR) is 77.1 cm³/mol. The Hall–Kier alpha value is -2.73. The average Bonchev–Trinajstić information content (AvgIpc) is 2.99. The van der Waals surface area contributed by atoms with Crippen LogP contribution in [-0.4, -0.2) is 32.2 Å². The second-order valence-corrected chi connectivity index (χ2v) is 4.36. The normalized spacial score (nSPS) is 10.6. The van der Waals surface area contributed by atoms with E-state index in [1.807, 2.05) is 36.4 Å². The van der Waals surface area contributed by atoms with Gasteiger partial charge in [0, 0.05) is 18.0 Å². The number of nitrogens with zero attached hydrogens (tertiary/aromatic N) is 4. The molecule has 0 amide bonds. The Labute approximate surface area is 121 Å². The van der Waals surface area contributed by atoms with Crippen molar-refractivity contribution < 1.29 is 9.84 Å². The lowest BCUT2D eigenvalue weighted by Gasteiger charge is -2.11. The van der Waals surface area contributed by atoms with E-state index in [1.165, 1.54) is 0 Å². The molecule has 1 aromatic carbocycles. The molecule has 2 heterocycles. The van der Waals surface area contributed by atoms with Gasteiger partial charge < -0.3 is 9.84 Å². The molecule has 0 unspecified atom stereocenters. The van der Waals surface area contributed by atoms with E-state index in [-0.39, 0.29) is 6.61 Å². The van der Waals surface area contributed by atoms with Crippen molar-refractivity contribution in [2.75, 3.05) is 7.11 Å². The molecule has 21 heavy (non-hydrogen) atoms. The van der Waals surface area contributed by atoms with E-state index in [1.54, 1.807) is 24.2 Å². The molecule has 0 saturated heterocycles. The lowest BCUT2D eigenvalue weighted by molar-refractivity contribution is 0.277. The van der Waals surface area contributed by atoms with Crippen LogP contribution in [0.3, 0.4) is 0 Å². The van der Waals surface area contributed by atoms with E-state index in [4.69, 9.17) is 4.74 Å². The molecule has 0 spiro atoms. The maximum atomic E-state index is 9.50. The smallest absolute Gasteiger partial charge is 0.144 e. The summed E-state index contributed by atoms with van der Waals surface area (Å²) in [4.78, 5) is 4.01. The number of para-hydroxylation sites is 2. The fourth-order valence-corrected chi connectivity index (χ4v) is 2.19.